The third kappa shape index (κ3) is 4.04. The lowest BCUT2D eigenvalue weighted by atomic mass is 10.2. The van der Waals surface area contributed by atoms with Crippen molar-refractivity contribution < 1.29 is 9.13 Å². The SMILES string of the molecule is CCNCc1cccc(Oc2cc(F)ccc2Br)c1. The van der Waals surface area contributed by atoms with E-state index in [1.54, 1.807) is 6.07 Å². The minimum atomic E-state index is -0.318. The van der Waals surface area contributed by atoms with Crippen LogP contribution in [0.4, 0.5) is 4.39 Å². The summed E-state index contributed by atoms with van der Waals surface area (Å²) >= 11 is 3.34. The van der Waals surface area contributed by atoms with Crippen molar-refractivity contribution >= 4 is 15.9 Å². The first-order chi connectivity index (χ1) is 9.19. The molecule has 100 valence electrons. The fourth-order valence-electron chi connectivity index (χ4n) is 1.67. The summed E-state index contributed by atoms with van der Waals surface area (Å²) in [5, 5.41) is 3.25. The highest BCUT2D eigenvalue weighted by Crippen LogP contribution is 2.30. The molecule has 4 heteroatoms. The molecule has 2 aromatic rings. The van der Waals surface area contributed by atoms with E-state index in [1.165, 1.54) is 12.1 Å². The molecule has 0 fully saturated rings. The summed E-state index contributed by atoms with van der Waals surface area (Å²) < 4.78 is 19.6. The van der Waals surface area contributed by atoms with E-state index in [-0.39, 0.29) is 5.82 Å². The lowest BCUT2D eigenvalue weighted by molar-refractivity contribution is 0.472. The van der Waals surface area contributed by atoms with E-state index in [9.17, 15) is 4.39 Å². The van der Waals surface area contributed by atoms with Crippen LogP contribution in [0.3, 0.4) is 0 Å². The second-order valence-corrected chi connectivity index (χ2v) is 4.96. The average molecular weight is 324 g/mol. The van der Waals surface area contributed by atoms with Crippen molar-refractivity contribution in [1.82, 2.24) is 5.32 Å². The van der Waals surface area contributed by atoms with Crippen LogP contribution in [0.2, 0.25) is 0 Å². The molecule has 0 aliphatic heterocycles. The van der Waals surface area contributed by atoms with Gasteiger partial charge in [0, 0.05) is 12.6 Å². The van der Waals surface area contributed by atoms with Crippen molar-refractivity contribution in [1.29, 1.82) is 0 Å². The zero-order chi connectivity index (χ0) is 13.7. The van der Waals surface area contributed by atoms with Gasteiger partial charge < -0.3 is 10.1 Å². The molecule has 2 rings (SSSR count). The van der Waals surface area contributed by atoms with Gasteiger partial charge in [-0.2, -0.15) is 0 Å². The molecule has 0 radical (unpaired) electrons. The predicted octanol–water partition coefficient (Wildman–Crippen LogP) is 4.49. The van der Waals surface area contributed by atoms with Gasteiger partial charge in [0.05, 0.1) is 4.47 Å². The first-order valence-corrected chi connectivity index (χ1v) is 6.91. The van der Waals surface area contributed by atoms with E-state index in [4.69, 9.17) is 4.74 Å². The molecule has 1 N–H and O–H groups in total. The van der Waals surface area contributed by atoms with Crippen LogP contribution in [0.5, 0.6) is 11.5 Å². The van der Waals surface area contributed by atoms with Gasteiger partial charge in [-0.1, -0.05) is 19.1 Å². The number of nitrogens with one attached hydrogen (secondary N) is 1. The number of rotatable bonds is 5. The summed E-state index contributed by atoms with van der Waals surface area (Å²) in [6.07, 6.45) is 0. The summed E-state index contributed by atoms with van der Waals surface area (Å²) in [6.45, 7) is 3.77. The first-order valence-electron chi connectivity index (χ1n) is 6.11. The van der Waals surface area contributed by atoms with Crippen LogP contribution in [0.1, 0.15) is 12.5 Å². The Morgan fingerprint density at radius 3 is 2.84 bits per heavy atom. The van der Waals surface area contributed by atoms with Crippen molar-refractivity contribution in [2.75, 3.05) is 6.54 Å². The molecule has 0 aliphatic rings. The van der Waals surface area contributed by atoms with Crippen LogP contribution >= 0.6 is 15.9 Å². The van der Waals surface area contributed by atoms with E-state index in [1.807, 2.05) is 24.3 Å². The van der Waals surface area contributed by atoms with Gasteiger partial charge in [-0.3, -0.25) is 0 Å². The van der Waals surface area contributed by atoms with Gasteiger partial charge in [-0.25, -0.2) is 4.39 Å². The van der Waals surface area contributed by atoms with Gasteiger partial charge in [0.15, 0.2) is 0 Å². The zero-order valence-electron chi connectivity index (χ0n) is 10.6. The van der Waals surface area contributed by atoms with Gasteiger partial charge in [0.25, 0.3) is 0 Å². The summed E-state index contributed by atoms with van der Waals surface area (Å²) in [4.78, 5) is 0. The van der Waals surface area contributed by atoms with Crippen molar-refractivity contribution in [2.24, 2.45) is 0 Å². The number of hydrogen-bond acceptors (Lipinski definition) is 2. The molecular weight excluding hydrogens is 309 g/mol. The molecular formula is C15H15BrFNO. The molecule has 0 aliphatic carbocycles. The van der Waals surface area contributed by atoms with Crippen LogP contribution in [-0.4, -0.2) is 6.54 Å². The topological polar surface area (TPSA) is 21.3 Å². The summed E-state index contributed by atoms with van der Waals surface area (Å²) in [7, 11) is 0. The summed E-state index contributed by atoms with van der Waals surface area (Å²) in [5.41, 5.74) is 1.13. The second-order valence-electron chi connectivity index (χ2n) is 4.10. The lowest BCUT2D eigenvalue weighted by Gasteiger charge is -2.09. The number of hydrogen-bond donors (Lipinski definition) is 1. The second kappa shape index (κ2) is 6.68. The Kier molecular flexibility index (Phi) is 4.93. The monoisotopic (exact) mass is 323 g/mol. The maximum absolute atomic E-state index is 13.2. The van der Waals surface area contributed by atoms with Crippen LogP contribution in [0, 0.1) is 5.82 Å². The molecule has 0 heterocycles. The van der Waals surface area contributed by atoms with E-state index in [0.29, 0.717) is 11.5 Å². The standard InChI is InChI=1S/C15H15BrFNO/c1-2-18-10-11-4-3-5-13(8-11)19-15-9-12(17)6-7-14(15)16/h3-9,18H,2,10H2,1H3. The average Bonchev–Trinajstić information content (AvgIpc) is 2.41. The smallest absolute Gasteiger partial charge is 0.144 e. The highest BCUT2D eigenvalue weighted by Gasteiger charge is 2.05. The minimum absolute atomic E-state index is 0.318. The Morgan fingerprint density at radius 1 is 1.21 bits per heavy atom. The normalized spacial score (nSPS) is 10.5. The minimum Gasteiger partial charge on any atom is -0.456 e. The zero-order valence-corrected chi connectivity index (χ0v) is 12.2. The Bertz CT molecular complexity index is 560. The molecule has 2 aromatic carbocycles. The summed E-state index contributed by atoms with van der Waals surface area (Å²) in [6, 6.07) is 12.1. The quantitative estimate of drug-likeness (QED) is 0.875. The molecule has 0 aromatic heterocycles. The van der Waals surface area contributed by atoms with Crippen molar-refractivity contribution in [2.45, 2.75) is 13.5 Å². The Balaban J connectivity index is 2.16. The van der Waals surface area contributed by atoms with E-state index < -0.39 is 0 Å². The van der Waals surface area contributed by atoms with E-state index in [2.05, 4.69) is 28.2 Å². The van der Waals surface area contributed by atoms with Crippen molar-refractivity contribution in [3.8, 4) is 11.5 Å². The van der Waals surface area contributed by atoms with Gasteiger partial charge in [-0.15, -0.1) is 0 Å². The predicted molar refractivity (Wildman–Crippen MR) is 78.0 cm³/mol. The molecule has 2 nitrogen and oxygen atoms in total. The first kappa shape index (κ1) is 14.0. The van der Waals surface area contributed by atoms with Crippen molar-refractivity contribution in [3.05, 3.63) is 58.3 Å². The van der Waals surface area contributed by atoms with Crippen molar-refractivity contribution in [3.63, 3.8) is 0 Å². The maximum atomic E-state index is 13.2. The lowest BCUT2D eigenvalue weighted by Crippen LogP contribution is -2.11. The Hall–Kier alpha value is -1.39. The third-order valence-electron chi connectivity index (χ3n) is 2.60. The molecule has 0 saturated heterocycles. The van der Waals surface area contributed by atoms with Gasteiger partial charge >= 0.3 is 0 Å². The van der Waals surface area contributed by atoms with Gasteiger partial charge in [-0.05, 0) is 52.3 Å². The molecule has 0 atom stereocenters. The Labute approximate surface area is 120 Å². The summed E-state index contributed by atoms with van der Waals surface area (Å²) in [5.74, 6) is 0.851. The fourth-order valence-corrected chi connectivity index (χ4v) is 2.00. The van der Waals surface area contributed by atoms with Crippen LogP contribution in [0.15, 0.2) is 46.9 Å². The third-order valence-corrected chi connectivity index (χ3v) is 3.25. The maximum Gasteiger partial charge on any atom is 0.144 e. The molecule has 0 spiro atoms. The van der Waals surface area contributed by atoms with E-state index >= 15 is 0 Å². The highest BCUT2D eigenvalue weighted by molar-refractivity contribution is 9.10. The van der Waals surface area contributed by atoms with E-state index in [0.717, 1.165) is 23.1 Å². The molecule has 19 heavy (non-hydrogen) atoms. The van der Waals surface area contributed by atoms with Gasteiger partial charge in [0.1, 0.15) is 17.3 Å². The number of ether oxygens (including phenoxy) is 1. The van der Waals surface area contributed by atoms with Gasteiger partial charge in [0.2, 0.25) is 0 Å². The fraction of sp³-hybridized carbons (Fsp3) is 0.200. The number of benzene rings is 2. The molecule has 0 bridgehead atoms. The van der Waals surface area contributed by atoms with Crippen LogP contribution in [0.25, 0.3) is 0 Å². The molecule has 0 amide bonds. The highest BCUT2D eigenvalue weighted by atomic mass is 79.9. The molecule has 0 unspecified atom stereocenters. The van der Waals surface area contributed by atoms with Crippen LogP contribution in [-0.2, 0) is 6.54 Å². The largest absolute Gasteiger partial charge is 0.456 e. The number of halogens is 2. The molecule has 0 saturated carbocycles. The van der Waals surface area contributed by atoms with Crippen LogP contribution < -0.4 is 10.1 Å². The Morgan fingerprint density at radius 2 is 2.05 bits per heavy atom.